The number of carbonyl (C=O) groups excluding carboxylic acids is 1. The van der Waals surface area contributed by atoms with Gasteiger partial charge in [0.25, 0.3) is 0 Å². The molecular formula is C23H28FN3O5S. The summed E-state index contributed by atoms with van der Waals surface area (Å²) < 4.78 is 52.7. The molecule has 10 heteroatoms. The first-order chi connectivity index (χ1) is 15.9. The molecule has 0 bridgehead atoms. The van der Waals surface area contributed by atoms with E-state index in [2.05, 4.69) is 10.5 Å². The van der Waals surface area contributed by atoms with Gasteiger partial charge in [0.2, 0.25) is 15.9 Å². The first-order valence-corrected chi connectivity index (χ1v) is 12.6. The van der Waals surface area contributed by atoms with Gasteiger partial charge in [-0.15, -0.1) is 0 Å². The number of benzene rings is 1. The zero-order valence-electron chi connectivity index (χ0n) is 18.5. The summed E-state index contributed by atoms with van der Waals surface area (Å²) in [6.07, 6.45) is 5.76. The number of nitrogens with one attached hydrogen (secondary N) is 1. The molecule has 2 fully saturated rings. The summed E-state index contributed by atoms with van der Waals surface area (Å²) in [5.41, 5.74) is 0.546. The van der Waals surface area contributed by atoms with Crippen molar-refractivity contribution in [3.8, 4) is 0 Å². The summed E-state index contributed by atoms with van der Waals surface area (Å²) in [5.74, 6) is -0.666. The molecule has 0 saturated carbocycles. The number of sulfonamides is 1. The predicted molar refractivity (Wildman–Crippen MR) is 120 cm³/mol. The Hall–Kier alpha value is -2.56. The van der Waals surface area contributed by atoms with Gasteiger partial charge in [-0.25, -0.2) is 12.8 Å². The SMILES string of the molecule is Cc1noc(/C=C/c2ccccc2F)c1S(=O)(=O)N1CCC(C(=O)NC[C@@H]2CCCO2)CC1. The van der Waals surface area contributed by atoms with Crippen LogP contribution in [0.1, 0.15) is 42.7 Å². The van der Waals surface area contributed by atoms with Crippen LogP contribution in [0.25, 0.3) is 12.2 Å². The number of piperidine rings is 1. The van der Waals surface area contributed by atoms with Crippen molar-refractivity contribution in [3.05, 3.63) is 47.1 Å². The molecule has 1 aromatic heterocycles. The topological polar surface area (TPSA) is 102 Å². The molecule has 4 rings (SSSR count). The second-order valence-electron chi connectivity index (χ2n) is 8.37. The predicted octanol–water partition coefficient (Wildman–Crippen LogP) is 2.99. The lowest BCUT2D eigenvalue weighted by Crippen LogP contribution is -2.44. The molecule has 2 aliphatic heterocycles. The maximum atomic E-state index is 13.9. The lowest BCUT2D eigenvalue weighted by atomic mass is 9.97. The minimum atomic E-state index is -3.89. The monoisotopic (exact) mass is 477 g/mol. The van der Waals surface area contributed by atoms with Crippen molar-refractivity contribution in [2.45, 2.75) is 43.6 Å². The van der Waals surface area contributed by atoms with Crippen LogP contribution in [-0.4, -0.2) is 56.1 Å². The fourth-order valence-corrected chi connectivity index (χ4v) is 5.95. The van der Waals surface area contributed by atoms with Gasteiger partial charge in [0.1, 0.15) is 11.5 Å². The number of ether oxygens (including phenoxy) is 1. The molecule has 1 atom stereocenters. The van der Waals surface area contributed by atoms with Crippen molar-refractivity contribution in [1.82, 2.24) is 14.8 Å². The molecule has 33 heavy (non-hydrogen) atoms. The van der Waals surface area contributed by atoms with E-state index in [0.29, 0.717) is 24.9 Å². The van der Waals surface area contributed by atoms with Crippen LogP contribution < -0.4 is 5.32 Å². The van der Waals surface area contributed by atoms with E-state index in [1.165, 1.54) is 22.5 Å². The summed E-state index contributed by atoms with van der Waals surface area (Å²) in [7, 11) is -3.89. The van der Waals surface area contributed by atoms with Crippen LogP contribution >= 0.6 is 0 Å². The summed E-state index contributed by atoms with van der Waals surface area (Å²) >= 11 is 0. The second kappa shape index (κ2) is 10.1. The van der Waals surface area contributed by atoms with Gasteiger partial charge in [-0.2, -0.15) is 4.31 Å². The second-order valence-corrected chi connectivity index (χ2v) is 10.2. The average molecular weight is 478 g/mol. The number of halogens is 1. The molecule has 2 aliphatic rings. The Bertz CT molecular complexity index is 1120. The van der Waals surface area contributed by atoms with Crippen molar-refractivity contribution in [2.75, 3.05) is 26.2 Å². The molecule has 3 heterocycles. The fourth-order valence-electron chi connectivity index (χ4n) is 4.23. The maximum absolute atomic E-state index is 13.9. The van der Waals surface area contributed by atoms with Crippen LogP contribution in [0.2, 0.25) is 0 Å². The fraction of sp³-hybridized carbons (Fsp3) is 0.478. The summed E-state index contributed by atoms with van der Waals surface area (Å²) in [6, 6.07) is 6.17. The molecule has 1 amide bonds. The van der Waals surface area contributed by atoms with E-state index in [4.69, 9.17) is 9.26 Å². The molecule has 0 unspecified atom stereocenters. The third-order valence-electron chi connectivity index (χ3n) is 6.10. The van der Waals surface area contributed by atoms with Crippen LogP contribution in [0.15, 0.2) is 33.7 Å². The minimum Gasteiger partial charge on any atom is -0.376 e. The Morgan fingerprint density at radius 3 is 2.70 bits per heavy atom. The molecule has 1 aromatic carbocycles. The normalized spacial score (nSPS) is 20.5. The van der Waals surface area contributed by atoms with Crippen LogP contribution in [0, 0.1) is 18.7 Å². The van der Waals surface area contributed by atoms with Crippen LogP contribution in [0.3, 0.4) is 0 Å². The first-order valence-electron chi connectivity index (χ1n) is 11.1. The molecule has 0 aliphatic carbocycles. The summed E-state index contributed by atoms with van der Waals surface area (Å²) in [4.78, 5) is 12.5. The van der Waals surface area contributed by atoms with Gasteiger partial charge in [0, 0.05) is 37.7 Å². The first kappa shape index (κ1) is 23.6. The number of aromatic nitrogens is 1. The van der Waals surface area contributed by atoms with Crippen molar-refractivity contribution in [1.29, 1.82) is 0 Å². The Morgan fingerprint density at radius 2 is 2.00 bits per heavy atom. The van der Waals surface area contributed by atoms with Gasteiger partial charge >= 0.3 is 0 Å². The largest absolute Gasteiger partial charge is 0.376 e. The summed E-state index contributed by atoms with van der Waals surface area (Å²) in [6.45, 7) is 3.23. The molecule has 0 radical (unpaired) electrons. The zero-order chi connectivity index (χ0) is 23.4. The third kappa shape index (κ3) is 5.34. The van der Waals surface area contributed by atoms with E-state index in [9.17, 15) is 17.6 Å². The van der Waals surface area contributed by atoms with Crippen LogP contribution in [-0.2, 0) is 19.6 Å². The molecule has 1 N–H and O–H groups in total. The molecule has 0 spiro atoms. The molecular weight excluding hydrogens is 449 g/mol. The number of hydrogen-bond donors (Lipinski definition) is 1. The van der Waals surface area contributed by atoms with E-state index < -0.39 is 15.8 Å². The molecule has 178 valence electrons. The van der Waals surface area contributed by atoms with Crippen LogP contribution in [0.4, 0.5) is 4.39 Å². The number of nitrogens with zero attached hydrogens (tertiary/aromatic N) is 2. The van der Waals surface area contributed by atoms with E-state index in [-0.39, 0.29) is 47.4 Å². The number of amides is 1. The maximum Gasteiger partial charge on any atom is 0.248 e. The highest BCUT2D eigenvalue weighted by molar-refractivity contribution is 7.89. The minimum absolute atomic E-state index is 0.0311. The lowest BCUT2D eigenvalue weighted by molar-refractivity contribution is -0.126. The van der Waals surface area contributed by atoms with Crippen LogP contribution in [0.5, 0.6) is 0 Å². The van der Waals surface area contributed by atoms with Gasteiger partial charge < -0.3 is 14.6 Å². The Kier molecular flexibility index (Phi) is 7.26. The Labute approximate surface area is 192 Å². The van der Waals surface area contributed by atoms with Crippen molar-refractivity contribution >= 4 is 28.1 Å². The molecule has 8 nitrogen and oxygen atoms in total. The number of aryl methyl sites for hydroxylation is 1. The van der Waals surface area contributed by atoms with E-state index in [1.54, 1.807) is 25.1 Å². The highest BCUT2D eigenvalue weighted by atomic mass is 32.2. The highest BCUT2D eigenvalue weighted by Crippen LogP contribution is 2.29. The number of hydrogen-bond acceptors (Lipinski definition) is 6. The quantitative estimate of drug-likeness (QED) is 0.658. The molecule has 2 saturated heterocycles. The van der Waals surface area contributed by atoms with Gasteiger partial charge in [-0.1, -0.05) is 23.4 Å². The van der Waals surface area contributed by atoms with Crippen molar-refractivity contribution in [2.24, 2.45) is 5.92 Å². The average Bonchev–Trinajstić information content (AvgIpc) is 3.47. The summed E-state index contributed by atoms with van der Waals surface area (Å²) in [5, 5.41) is 6.75. The van der Waals surface area contributed by atoms with Gasteiger partial charge in [0.05, 0.1) is 6.10 Å². The highest BCUT2D eigenvalue weighted by Gasteiger charge is 2.36. The van der Waals surface area contributed by atoms with E-state index >= 15 is 0 Å². The molecule has 2 aromatic rings. The Morgan fingerprint density at radius 1 is 1.24 bits per heavy atom. The van der Waals surface area contributed by atoms with Crippen molar-refractivity contribution in [3.63, 3.8) is 0 Å². The van der Waals surface area contributed by atoms with Gasteiger partial charge in [0.15, 0.2) is 10.7 Å². The van der Waals surface area contributed by atoms with E-state index in [1.807, 2.05) is 0 Å². The third-order valence-corrected chi connectivity index (χ3v) is 8.16. The lowest BCUT2D eigenvalue weighted by Gasteiger charge is -2.30. The van der Waals surface area contributed by atoms with Gasteiger partial charge in [-0.3, -0.25) is 4.79 Å². The van der Waals surface area contributed by atoms with Gasteiger partial charge in [-0.05, 0) is 50.8 Å². The number of rotatable bonds is 7. The van der Waals surface area contributed by atoms with E-state index in [0.717, 1.165) is 19.4 Å². The Balaban J connectivity index is 1.41. The zero-order valence-corrected chi connectivity index (χ0v) is 19.3. The number of carbonyl (C=O) groups is 1. The smallest absolute Gasteiger partial charge is 0.248 e. The van der Waals surface area contributed by atoms with Crippen molar-refractivity contribution < 1.29 is 26.9 Å². The standard InChI is InChI=1S/C23H28FN3O5S/c1-16-22(21(32-26-16)9-8-17-5-2-3-7-20(17)24)33(29,30)27-12-10-18(11-13-27)23(28)25-15-19-6-4-14-31-19/h2-3,5,7-9,18-19H,4,6,10-15H2,1H3,(H,25,28)/b9-8+/t19-/m0/s1.